The number of hydrogen-bond acceptors (Lipinski definition) is 3. The van der Waals surface area contributed by atoms with Crippen LogP contribution in [0.3, 0.4) is 0 Å². The highest BCUT2D eigenvalue weighted by Gasteiger charge is 2.16. The van der Waals surface area contributed by atoms with Crippen LogP contribution in [0.25, 0.3) is 0 Å². The summed E-state index contributed by atoms with van der Waals surface area (Å²) in [7, 11) is 0. The van der Waals surface area contributed by atoms with Crippen LogP contribution >= 0.6 is 0 Å². The van der Waals surface area contributed by atoms with Gasteiger partial charge >= 0.3 is 6.09 Å². The summed E-state index contributed by atoms with van der Waals surface area (Å²) in [6, 6.07) is 6.02. The molecule has 18 heavy (non-hydrogen) atoms. The van der Waals surface area contributed by atoms with Gasteiger partial charge in [-0.3, -0.25) is 0 Å². The lowest BCUT2D eigenvalue weighted by atomic mass is 10.1. The first-order valence-electron chi connectivity index (χ1n) is 6.41. The Kier molecular flexibility index (Phi) is 4.20. The molecule has 1 aliphatic heterocycles. The average molecular weight is 248 g/mol. The molecule has 0 radical (unpaired) electrons. The van der Waals surface area contributed by atoms with E-state index in [4.69, 9.17) is 4.74 Å². The third-order valence-electron chi connectivity index (χ3n) is 3.07. The number of benzene rings is 1. The van der Waals surface area contributed by atoms with E-state index in [-0.39, 0.29) is 12.1 Å². The molecule has 4 heteroatoms. The van der Waals surface area contributed by atoms with Gasteiger partial charge in [-0.1, -0.05) is 6.07 Å². The number of carbonyl (C=O) groups is 1. The third kappa shape index (κ3) is 3.74. The zero-order valence-electron chi connectivity index (χ0n) is 11.0. The molecule has 1 saturated heterocycles. The van der Waals surface area contributed by atoms with E-state index in [2.05, 4.69) is 16.7 Å². The highest BCUT2D eigenvalue weighted by atomic mass is 16.6. The molecule has 0 spiro atoms. The molecule has 1 aliphatic rings. The van der Waals surface area contributed by atoms with Crippen molar-refractivity contribution in [1.29, 1.82) is 0 Å². The van der Waals surface area contributed by atoms with E-state index < -0.39 is 0 Å². The Morgan fingerprint density at radius 2 is 1.83 bits per heavy atom. The smallest absolute Gasteiger partial charge is 0.410 e. The Balaban J connectivity index is 1.89. The number of nitrogens with one attached hydrogen (secondary N) is 2. The zero-order chi connectivity index (χ0) is 13.0. The average Bonchev–Trinajstić information content (AvgIpc) is 2.28. The van der Waals surface area contributed by atoms with Gasteiger partial charge in [0.1, 0.15) is 5.75 Å². The lowest BCUT2D eigenvalue weighted by Gasteiger charge is -2.23. The van der Waals surface area contributed by atoms with Crippen LogP contribution in [-0.4, -0.2) is 25.2 Å². The lowest BCUT2D eigenvalue weighted by Crippen LogP contribution is -2.43. The van der Waals surface area contributed by atoms with Crippen LogP contribution < -0.4 is 15.4 Å². The van der Waals surface area contributed by atoms with Gasteiger partial charge in [0.2, 0.25) is 0 Å². The molecule has 0 saturated carbocycles. The van der Waals surface area contributed by atoms with Crippen LogP contribution in [0.2, 0.25) is 0 Å². The number of hydrogen-bond donors (Lipinski definition) is 2. The van der Waals surface area contributed by atoms with E-state index in [1.165, 1.54) is 0 Å². The van der Waals surface area contributed by atoms with Gasteiger partial charge in [-0.2, -0.15) is 0 Å². The second-order valence-electron chi connectivity index (χ2n) is 4.88. The number of aryl methyl sites for hydroxylation is 2. The van der Waals surface area contributed by atoms with Crippen LogP contribution in [0.4, 0.5) is 4.79 Å². The second-order valence-corrected chi connectivity index (χ2v) is 4.88. The molecule has 2 N–H and O–H groups in total. The fourth-order valence-corrected chi connectivity index (χ4v) is 2.26. The minimum atomic E-state index is -0.355. The van der Waals surface area contributed by atoms with Crippen molar-refractivity contribution in [2.75, 3.05) is 13.1 Å². The van der Waals surface area contributed by atoms with Crippen LogP contribution in [0.5, 0.6) is 5.75 Å². The minimum Gasteiger partial charge on any atom is -0.410 e. The molecular weight excluding hydrogens is 228 g/mol. The van der Waals surface area contributed by atoms with Gasteiger partial charge in [-0.25, -0.2) is 4.79 Å². The molecule has 1 aromatic rings. The Hall–Kier alpha value is -1.55. The summed E-state index contributed by atoms with van der Waals surface area (Å²) < 4.78 is 5.31. The maximum Gasteiger partial charge on any atom is 0.412 e. The summed E-state index contributed by atoms with van der Waals surface area (Å²) in [6.07, 6.45) is 1.57. The summed E-state index contributed by atoms with van der Waals surface area (Å²) in [4.78, 5) is 11.7. The van der Waals surface area contributed by atoms with Crippen molar-refractivity contribution < 1.29 is 9.53 Å². The normalized spacial score (nSPS) is 16.3. The van der Waals surface area contributed by atoms with E-state index in [0.29, 0.717) is 5.75 Å². The number of rotatable bonds is 2. The van der Waals surface area contributed by atoms with Crippen LogP contribution in [0.15, 0.2) is 18.2 Å². The first kappa shape index (κ1) is 12.9. The number of piperidine rings is 1. The highest BCUT2D eigenvalue weighted by molar-refractivity contribution is 5.70. The third-order valence-corrected chi connectivity index (χ3v) is 3.07. The van der Waals surface area contributed by atoms with Gasteiger partial charge < -0.3 is 15.4 Å². The van der Waals surface area contributed by atoms with Crippen molar-refractivity contribution in [3.63, 3.8) is 0 Å². The number of carbonyl (C=O) groups excluding carboxylic acids is 1. The monoisotopic (exact) mass is 248 g/mol. The van der Waals surface area contributed by atoms with E-state index in [1.54, 1.807) is 0 Å². The summed E-state index contributed by atoms with van der Waals surface area (Å²) in [6.45, 7) is 5.89. The number of amides is 1. The maximum absolute atomic E-state index is 11.7. The van der Waals surface area contributed by atoms with Gasteiger partial charge in [0.25, 0.3) is 0 Å². The number of ether oxygens (including phenoxy) is 1. The van der Waals surface area contributed by atoms with Gasteiger partial charge in [0, 0.05) is 6.04 Å². The van der Waals surface area contributed by atoms with Gasteiger partial charge in [0.05, 0.1) is 0 Å². The molecule has 1 fully saturated rings. The predicted molar refractivity (Wildman–Crippen MR) is 71.0 cm³/mol. The van der Waals surface area contributed by atoms with Crippen molar-refractivity contribution in [3.8, 4) is 5.75 Å². The fourth-order valence-electron chi connectivity index (χ4n) is 2.26. The Morgan fingerprint density at radius 1 is 1.22 bits per heavy atom. The van der Waals surface area contributed by atoms with Crippen molar-refractivity contribution in [3.05, 3.63) is 29.3 Å². The summed E-state index contributed by atoms with van der Waals surface area (Å²) in [5.74, 6) is 0.610. The first-order valence-corrected chi connectivity index (χ1v) is 6.41. The van der Waals surface area contributed by atoms with Crippen molar-refractivity contribution >= 4 is 6.09 Å². The lowest BCUT2D eigenvalue weighted by molar-refractivity contribution is 0.193. The van der Waals surface area contributed by atoms with E-state index in [0.717, 1.165) is 37.1 Å². The summed E-state index contributed by atoms with van der Waals surface area (Å²) in [5.41, 5.74) is 2.19. The molecular formula is C14H20N2O2. The van der Waals surface area contributed by atoms with E-state index >= 15 is 0 Å². The van der Waals surface area contributed by atoms with Crippen LogP contribution in [-0.2, 0) is 0 Å². The predicted octanol–water partition coefficient (Wildman–Crippen LogP) is 2.14. The molecule has 0 aliphatic carbocycles. The summed E-state index contributed by atoms with van der Waals surface area (Å²) >= 11 is 0. The molecule has 98 valence electrons. The molecule has 1 heterocycles. The molecule has 0 bridgehead atoms. The highest BCUT2D eigenvalue weighted by Crippen LogP contribution is 2.16. The minimum absolute atomic E-state index is 0.227. The topological polar surface area (TPSA) is 50.4 Å². The van der Waals surface area contributed by atoms with Crippen molar-refractivity contribution in [2.24, 2.45) is 0 Å². The molecule has 0 unspecified atom stereocenters. The van der Waals surface area contributed by atoms with E-state index in [1.807, 2.05) is 26.0 Å². The second kappa shape index (κ2) is 5.87. The molecule has 0 atom stereocenters. The molecule has 0 aromatic heterocycles. The Bertz CT molecular complexity index is 406. The van der Waals surface area contributed by atoms with Crippen molar-refractivity contribution in [2.45, 2.75) is 32.7 Å². The Labute approximate surface area is 108 Å². The van der Waals surface area contributed by atoms with Crippen LogP contribution in [0.1, 0.15) is 24.0 Å². The van der Waals surface area contributed by atoms with Crippen molar-refractivity contribution in [1.82, 2.24) is 10.6 Å². The maximum atomic E-state index is 11.7. The largest absolute Gasteiger partial charge is 0.412 e. The molecule has 4 nitrogen and oxygen atoms in total. The fraction of sp³-hybridized carbons (Fsp3) is 0.500. The standard InChI is InChI=1S/C14H20N2O2/c1-10-7-11(2)9-13(8-10)18-14(17)16-12-3-5-15-6-4-12/h7-9,12,15H,3-6H2,1-2H3,(H,16,17). The van der Waals surface area contributed by atoms with Gasteiger partial charge in [-0.15, -0.1) is 0 Å². The Morgan fingerprint density at radius 3 is 2.44 bits per heavy atom. The molecule has 2 rings (SSSR count). The van der Waals surface area contributed by atoms with Gasteiger partial charge in [0.15, 0.2) is 0 Å². The molecule has 1 aromatic carbocycles. The zero-order valence-corrected chi connectivity index (χ0v) is 11.0. The SMILES string of the molecule is Cc1cc(C)cc(OC(=O)NC2CCNCC2)c1. The first-order chi connectivity index (χ1) is 8.63. The van der Waals surface area contributed by atoms with Gasteiger partial charge in [-0.05, 0) is 63.0 Å². The molecule has 1 amide bonds. The van der Waals surface area contributed by atoms with Crippen LogP contribution in [0, 0.1) is 13.8 Å². The quantitative estimate of drug-likeness (QED) is 0.843. The summed E-state index contributed by atoms with van der Waals surface area (Å²) in [5, 5.41) is 6.17. The van der Waals surface area contributed by atoms with E-state index in [9.17, 15) is 4.79 Å².